The van der Waals surface area contributed by atoms with E-state index in [2.05, 4.69) is 17.3 Å². The molecule has 0 saturated heterocycles. The number of nitrogens with zero attached hydrogens (tertiary/aromatic N) is 2. The van der Waals surface area contributed by atoms with Gasteiger partial charge in [-0.15, -0.1) is 0 Å². The second-order valence-electron chi connectivity index (χ2n) is 4.76. The fourth-order valence-electron chi connectivity index (χ4n) is 1.92. The van der Waals surface area contributed by atoms with Gasteiger partial charge in [0.2, 0.25) is 0 Å². The molecule has 6 heteroatoms. The van der Waals surface area contributed by atoms with Crippen molar-refractivity contribution in [3.05, 3.63) is 48.3 Å². The van der Waals surface area contributed by atoms with Gasteiger partial charge < -0.3 is 15.2 Å². The molecule has 0 saturated carbocycles. The van der Waals surface area contributed by atoms with E-state index in [1.807, 2.05) is 16.9 Å². The molecule has 21 heavy (non-hydrogen) atoms. The molecule has 0 bridgehead atoms. The summed E-state index contributed by atoms with van der Waals surface area (Å²) in [6.45, 7) is 4.13. The third kappa shape index (κ3) is 4.92. The quantitative estimate of drug-likeness (QED) is 0.722. The molecule has 1 unspecified atom stereocenters. The molecular formula is C15H19N3O3. The van der Waals surface area contributed by atoms with Crippen LogP contribution in [0.2, 0.25) is 0 Å². The van der Waals surface area contributed by atoms with E-state index in [1.165, 1.54) is 12.1 Å². The standard InChI is InChI=1S/C15H19N3O3/c1-12(11-18-9-2-7-17-18)16-8-10-21-14-5-3-13(4-6-14)15(19)20/h2-7,9,12,16H,8,10-11H2,1H3,(H,19,20). The van der Waals surface area contributed by atoms with Crippen molar-refractivity contribution >= 4 is 5.97 Å². The van der Waals surface area contributed by atoms with Crippen molar-refractivity contribution in [2.24, 2.45) is 0 Å². The predicted octanol–water partition coefficient (Wildman–Crippen LogP) is 1.64. The molecule has 0 spiro atoms. The van der Waals surface area contributed by atoms with E-state index in [-0.39, 0.29) is 5.56 Å². The normalized spacial score (nSPS) is 12.0. The molecule has 1 atom stereocenters. The minimum atomic E-state index is -0.935. The Bertz CT molecular complexity index is 552. The summed E-state index contributed by atoms with van der Waals surface area (Å²) in [5, 5.41) is 16.3. The van der Waals surface area contributed by atoms with Crippen LogP contribution in [0.5, 0.6) is 5.75 Å². The van der Waals surface area contributed by atoms with E-state index in [4.69, 9.17) is 9.84 Å². The van der Waals surface area contributed by atoms with Crippen molar-refractivity contribution in [1.82, 2.24) is 15.1 Å². The third-order valence-electron chi connectivity index (χ3n) is 2.98. The van der Waals surface area contributed by atoms with Gasteiger partial charge in [0, 0.05) is 25.0 Å². The predicted molar refractivity (Wildman–Crippen MR) is 78.6 cm³/mol. The second-order valence-corrected chi connectivity index (χ2v) is 4.76. The topological polar surface area (TPSA) is 76.4 Å². The Kier molecular flexibility index (Phi) is 5.34. The van der Waals surface area contributed by atoms with Gasteiger partial charge in [0.05, 0.1) is 12.1 Å². The fourth-order valence-corrected chi connectivity index (χ4v) is 1.92. The summed E-state index contributed by atoms with van der Waals surface area (Å²) in [5.74, 6) is -0.266. The molecule has 0 aliphatic carbocycles. The maximum Gasteiger partial charge on any atom is 0.335 e. The lowest BCUT2D eigenvalue weighted by atomic mass is 10.2. The number of ether oxygens (including phenoxy) is 1. The van der Waals surface area contributed by atoms with Crippen LogP contribution in [-0.4, -0.2) is 40.0 Å². The molecule has 0 amide bonds. The van der Waals surface area contributed by atoms with Crippen LogP contribution in [0, 0.1) is 0 Å². The Hall–Kier alpha value is -2.34. The number of hydrogen-bond acceptors (Lipinski definition) is 4. The third-order valence-corrected chi connectivity index (χ3v) is 2.98. The number of aromatic nitrogens is 2. The van der Waals surface area contributed by atoms with Gasteiger partial charge in [-0.2, -0.15) is 5.10 Å². The number of hydrogen-bond donors (Lipinski definition) is 2. The monoisotopic (exact) mass is 289 g/mol. The van der Waals surface area contributed by atoms with E-state index in [0.717, 1.165) is 6.54 Å². The van der Waals surface area contributed by atoms with Crippen molar-refractivity contribution in [2.45, 2.75) is 19.5 Å². The highest BCUT2D eigenvalue weighted by atomic mass is 16.5. The van der Waals surface area contributed by atoms with E-state index >= 15 is 0 Å². The zero-order valence-corrected chi connectivity index (χ0v) is 11.9. The molecule has 2 rings (SSSR count). The average molecular weight is 289 g/mol. The lowest BCUT2D eigenvalue weighted by Crippen LogP contribution is -2.33. The van der Waals surface area contributed by atoms with Crippen molar-refractivity contribution in [3.63, 3.8) is 0 Å². The molecule has 1 aromatic heterocycles. The molecule has 0 aliphatic rings. The van der Waals surface area contributed by atoms with Crippen LogP contribution in [0.25, 0.3) is 0 Å². The molecule has 0 fully saturated rings. The van der Waals surface area contributed by atoms with Crippen LogP contribution in [-0.2, 0) is 6.54 Å². The van der Waals surface area contributed by atoms with Crippen LogP contribution in [0.15, 0.2) is 42.7 Å². The molecule has 1 heterocycles. The maximum atomic E-state index is 10.7. The Labute approximate surface area is 123 Å². The van der Waals surface area contributed by atoms with Crippen molar-refractivity contribution < 1.29 is 14.6 Å². The van der Waals surface area contributed by atoms with Crippen LogP contribution in [0.3, 0.4) is 0 Å². The van der Waals surface area contributed by atoms with Gasteiger partial charge in [0.15, 0.2) is 0 Å². The average Bonchev–Trinajstić information content (AvgIpc) is 2.97. The van der Waals surface area contributed by atoms with E-state index in [1.54, 1.807) is 18.3 Å². The summed E-state index contributed by atoms with van der Waals surface area (Å²) in [6.07, 6.45) is 3.69. The molecular weight excluding hydrogens is 270 g/mol. The summed E-state index contributed by atoms with van der Waals surface area (Å²) < 4.78 is 7.43. The molecule has 6 nitrogen and oxygen atoms in total. The summed E-state index contributed by atoms with van der Waals surface area (Å²) >= 11 is 0. The van der Waals surface area contributed by atoms with Gasteiger partial charge in [-0.3, -0.25) is 4.68 Å². The lowest BCUT2D eigenvalue weighted by Gasteiger charge is -2.14. The molecule has 2 N–H and O–H groups in total. The van der Waals surface area contributed by atoms with E-state index < -0.39 is 5.97 Å². The maximum absolute atomic E-state index is 10.7. The van der Waals surface area contributed by atoms with Gasteiger partial charge in [0.1, 0.15) is 12.4 Å². The van der Waals surface area contributed by atoms with Gasteiger partial charge in [-0.1, -0.05) is 0 Å². The first-order valence-electron chi connectivity index (χ1n) is 6.82. The van der Waals surface area contributed by atoms with Gasteiger partial charge in [0.25, 0.3) is 0 Å². The van der Waals surface area contributed by atoms with Crippen molar-refractivity contribution in [1.29, 1.82) is 0 Å². The molecule has 0 aliphatic heterocycles. The van der Waals surface area contributed by atoms with Crippen LogP contribution in [0.4, 0.5) is 0 Å². The molecule has 0 radical (unpaired) electrons. The zero-order valence-electron chi connectivity index (χ0n) is 11.9. The van der Waals surface area contributed by atoms with Crippen LogP contribution < -0.4 is 10.1 Å². The Morgan fingerprint density at radius 1 is 1.43 bits per heavy atom. The van der Waals surface area contributed by atoms with Crippen LogP contribution >= 0.6 is 0 Å². The lowest BCUT2D eigenvalue weighted by molar-refractivity contribution is 0.0697. The minimum absolute atomic E-state index is 0.258. The summed E-state index contributed by atoms with van der Waals surface area (Å²) in [4.78, 5) is 10.7. The Morgan fingerprint density at radius 3 is 2.81 bits per heavy atom. The van der Waals surface area contributed by atoms with Gasteiger partial charge in [-0.25, -0.2) is 4.79 Å². The van der Waals surface area contributed by atoms with Crippen molar-refractivity contribution in [2.75, 3.05) is 13.2 Å². The molecule has 2 aromatic rings. The largest absolute Gasteiger partial charge is 0.492 e. The smallest absolute Gasteiger partial charge is 0.335 e. The van der Waals surface area contributed by atoms with Gasteiger partial charge in [-0.05, 0) is 37.3 Å². The number of aromatic carboxylic acids is 1. The van der Waals surface area contributed by atoms with Crippen LogP contribution in [0.1, 0.15) is 17.3 Å². The first-order valence-corrected chi connectivity index (χ1v) is 6.82. The highest BCUT2D eigenvalue weighted by molar-refractivity contribution is 5.87. The van der Waals surface area contributed by atoms with Crippen molar-refractivity contribution in [3.8, 4) is 5.75 Å². The van der Waals surface area contributed by atoms with E-state index in [0.29, 0.717) is 24.9 Å². The summed E-state index contributed by atoms with van der Waals surface area (Å²) in [7, 11) is 0. The number of carboxylic acids is 1. The first-order chi connectivity index (χ1) is 10.1. The Balaban J connectivity index is 1.66. The number of benzene rings is 1. The SMILES string of the molecule is CC(Cn1cccn1)NCCOc1ccc(C(=O)O)cc1. The first kappa shape index (κ1) is 15.1. The van der Waals surface area contributed by atoms with Gasteiger partial charge >= 0.3 is 5.97 Å². The fraction of sp³-hybridized carbons (Fsp3) is 0.333. The molecule has 112 valence electrons. The van der Waals surface area contributed by atoms with E-state index in [9.17, 15) is 4.79 Å². The summed E-state index contributed by atoms with van der Waals surface area (Å²) in [6, 6.07) is 8.59. The number of rotatable bonds is 8. The summed E-state index contributed by atoms with van der Waals surface area (Å²) in [5.41, 5.74) is 0.258. The second kappa shape index (κ2) is 7.44. The number of nitrogens with one attached hydrogen (secondary N) is 1. The minimum Gasteiger partial charge on any atom is -0.492 e. The Morgan fingerprint density at radius 2 is 2.19 bits per heavy atom. The zero-order chi connectivity index (χ0) is 15.1. The highest BCUT2D eigenvalue weighted by Crippen LogP contribution is 2.11. The number of carbonyl (C=O) groups is 1. The molecule has 1 aromatic carbocycles. The number of carboxylic acid groups (broad SMARTS) is 1. The highest BCUT2D eigenvalue weighted by Gasteiger charge is 2.04.